The molecule has 4 N–H and O–H groups in total. The predicted octanol–water partition coefficient (Wildman–Crippen LogP) is 3.62. The molecule has 4 rings (SSSR count). The van der Waals surface area contributed by atoms with Gasteiger partial charge in [-0.1, -0.05) is 42.5 Å². The van der Waals surface area contributed by atoms with Crippen molar-refractivity contribution < 1.29 is 4.39 Å². The maximum absolute atomic E-state index is 13.4. The molecule has 0 radical (unpaired) electrons. The smallest absolute Gasteiger partial charge is 0.260 e. The van der Waals surface area contributed by atoms with Crippen molar-refractivity contribution in [2.45, 2.75) is 12.5 Å². The molecule has 0 bridgehead atoms. The van der Waals surface area contributed by atoms with Gasteiger partial charge in [0, 0.05) is 30.5 Å². The summed E-state index contributed by atoms with van der Waals surface area (Å²) in [4.78, 5) is 24.4. The van der Waals surface area contributed by atoms with Crippen molar-refractivity contribution >= 4 is 5.95 Å². The number of aromatic amines is 1. The molecular weight excluding hydrogens is 393 g/mol. The summed E-state index contributed by atoms with van der Waals surface area (Å²) in [6, 6.07) is 19.1. The van der Waals surface area contributed by atoms with Crippen LogP contribution in [0.15, 0.2) is 83.9 Å². The fraction of sp³-hybridized carbons (Fsp3) is 0.125. The first-order chi connectivity index (χ1) is 15.1. The third kappa shape index (κ3) is 5.02. The standard InChI is InChI=1S/C24H22FN5O/c25-19-8-6-17(7-9-19)21-22(18-10-12-27-13-11-18)29-24(30-23(21)31)28-15-20(26)14-16-4-2-1-3-5-16/h1-13,20H,14-15,26H2,(H2,28,29,30,31)/t20-/m1/s1. The van der Waals surface area contributed by atoms with Crippen LogP contribution in [0.2, 0.25) is 0 Å². The van der Waals surface area contributed by atoms with E-state index >= 15 is 0 Å². The van der Waals surface area contributed by atoms with E-state index in [-0.39, 0.29) is 17.4 Å². The molecule has 4 aromatic rings. The highest BCUT2D eigenvalue weighted by Crippen LogP contribution is 2.28. The average Bonchev–Trinajstić information content (AvgIpc) is 2.79. The number of nitrogens with one attached hydrogen (secondary N) is 2. The lowest BCUT2D eigenvalue weighted by Crippen LogP contribution is -2.32. The first-order valence-electron chi connectivity index (χ1n) is 9.94. The van der Waals surface area contributed by atoms with E-state index < -0.39 is 0 Å². The second-order valence-corrected chi connectivity index (χ2v) is 7.21. The van der Waals surface area contributed by atoms with Crippen molar-refractivity contribution in [2.24, 2.45) is 5.73 Å². The number of nitrogens with two attached hydrogens (primary N) is 1. The van der Waals surface area contributed by atoms with E-state index in [1.807, 2.05) is 30.3 Å². The Labute approximate surface area is 179 Å². The lowest BCUT2D eigenvalue weighted by Gasteiger charge is -2.15. The molecule has 6 nitrogen and oxygen atoms in total. The minimum atomic E-state index is -0.371. The van der Waals surface area contributed by atoms with Crippen LogP contribution in [-0.2, 0) is 6.42 Å². The van der Waals surface area contributed by atoms with Crippen LogP contribution in [0.5, 0.6) is 0 Å². The second-order valence-electron chi connectivity index (χ2n) is 7.21. The molecule has 0 saturated heterocycles. The van der Waals surface area contributed by atoms with Crippen molar-refractivity contribution in [1.82, 2.24) is 15.0 Å². The molecule has 0 spiro atoms. The number of benzene rings is 2. The van der Waals surface area contributed by atoms with Gasteiger partial charge in [-0.3, -0.25) is 14.8 Å². The number of anilines is 1. The zero-order valence-corrected chi connectivity index (χ0v) is 16.8. The molecule has 2 aromatic heterocycles. The number of aromatic nitrogens is 3. The van der Waals surface area contributed by atoms with Gasteiger partial charge in [-0.2, -0.15) is 0 Å². The van der Waals surface area contributed by atoms with Crippen LogP contribution >= 0.6 is 0 Å². The van der Waals surface area contributed by atoms with E-state index in [0.717, 1.165) is 11.1 Å². The highest BCUT2D eigenvalue weighted by Gasteiger charge is 2.16. The molecule has 156 valence electrons. The summed E-state index contributed by atoms with van der Waals surface area (Å²) in [5.41, 5.74) is 9.23. The highest BCUT2D eigenvalue weighted by molar-refractivity contribution is 5.80. The number of hydrogen-bond donors (Lipinski definition) is 3. The Kier molecular flexibility index (Phi) is 6.14. The molecule has 0 aliphatic rings. The maximum Gasteiger partial charge on any atom is 0.260 e. The van der Waals surface area contributed by atoms with Gasteiger partial charge in [0.1, 0.15) is 5.82 Å². The molecule has 2 heterocycles. The van der Waals surface area contributed by atoms with Gasteiger partial charge in [-0.05, 0) is 41.8 Å². The average molecular weight is 415 g/mol. The van der Waals surface area contributed by atoms with E-state index in [2.05, 4.69) is 20.3 Å². The van der Waals surface area contributed by atoms with Gasteiger partial charge in [0.15, 0.2) is 0 Å². The Hall–Kier alpha value is -3.84. The lowest BCUT2D eigenvalue weighted by atomic mass is 10.0. The Bertz CT molecular complexity index is 1190. The molecule has 0 saturated carbocycles. The van der Waals surface area contributed by atoms with Gasteiger partial charge in [-0.25, -0.2) is 9.37 Å². The number of H-pyrrole nitrogens is 1. The summed E-state index contributed by atoms with van der Waals surface area (Å²) in [6.07, 6.45) is 3.97. The quantitative estimate of drug-likeness (QED) is 0.428. The van der Waals surface area contributed by atoms with Crippen LogP contribution in [-0.4, -0.2) is 27.5 Å². The van der Waals surface area contributed by atoms with Crippen molar-refractivity contribution in [3.05, 3.63) is 101 Å². The van der Waals surface area contributed by atoms with Crippen LogP contribution in [0.25, 0.3) is 22.4 Å². The van der Waals surface area contributed by atoms with Crippen LogP contribution in [0.4, 0.5) is 10.3 Å². The third-order valence-electron chi connectivity index (χ3n) is 4.88. The van der Waals surface area contributed by atoms with E-state index in [0.29, 0.717) is 35.7 Å². The number of rotatable bonds is 7. The zero-order chi connectivity index (χ0) is 21.6. The maximum atomic E-state index is 13.4. The highest BCUT2D eigenvalue weighted by atomic mass is 19.1. The van der Waals surface area contributed by atoms with E-state index in [9.17, 15) is 9.18 Å². The van der Waals surface area contributed by atoms with Crippen molar-refractivity contribution in [3.8, 4) is 22.4 Å². The van der Waals surface area contributed by atoms with Gasteiger partial charge in [0.25, 0.3) is 5.56 Å². The monoisotopic (exact) mass is 415 g/mol. The molecule has 0 aliphatic heterocycles. The summed E-state index contributed by atoms with van der Waals surface area (Å²) in [5, 5.41) is 3.14. The number of nitrogens with zero attached hydrogens (tertiary/aromatic N) is 2. The van der Waals surface area contributed by atoms with Crippen LogP contribution in [0, 0.1) is 5.82 Å². The minimum absolute atomic E-state index is 0.158. The Morgan fingerprint density at radius 1 is 0.968 bits per heavy atom. The first kappa shape index (κ1) is 20.4. The Balaban J connectivity index is 1.63. The Morgan fingerprint density at radius 2 is 1.68 bits per heavy atom. The van der Waals surface area contributed by atoms with Gasteiger partial charge in [-0.15, -0.1) is 0 Å². The molecule has 1 atom stereocenters. The largest absolute Gasteiger partial charge is 0.354 e. The molecule has 2 aromatic carbocycles. The molecule has 31 heavy (non-hydrogen) atoms. The van der Waals surface area contributed by atoms with E-state index in [1.165, 1.54) is 12.1 Å². The summed E-state index contributed by atoms with van der Waals surface area (Å²) in [6.45, 7) is 0.434. The van der Waals surface area contributed by atoms with Gasteiger partial charge in [0.2, 0.25) is 5.95 Å². The number of halogens is 1. The van der Waals surface area contributed by atoms with Crippen molar-refractivity contribution in [3.63, 3.8) is 0 Å². The fourth-order valence-corrected chi connectivity index (χ4v) is 3.38. The number of hydrogen-bond acceptors (Lipinski definition) is 5. The van der Waals surface area contributed by atoms with E-state index in [1.54, 1.807) is 36.7 Å². The summed E-state index contributed by atoms with van der Waals surface area (Å²) >= 11 is 0. The van der Waals surface area contributed by atoms with Crippen LogP contribution in [0.1, 0.15) is 5.56 Å². The molecule has 0 amide bonds. The molecule has 0 fully saturated rings. The topological polar surface area (TPSA) is 96.7 Å². The van der Waals surface area contributed by atoms with Crippen molar-refractivity contribution in [2.75, 3.05) is 11.9 Å². The Morgan fingerprint density at radius 3 is 2.39 bits per heavy atom. The first-order valence-corrected chi connectivity index (χ1v) is 9.94. The second kappa shape index (κ2) is 9.32. The van der Waals surface area contributed by atoms with E-state index in [4.69, 9.17) is 5.73 Å². The normalized spacial score (nSPS) is 11.8. The predicted molar refractivity (Wildman–Crippen MR) is 120 cm³/mol. The van der Waals surface area contributed by atoms with Crippen LogP contribution in [0.3, 0.4) is 0 Å². The third-order valence-corrected chi connectivity index (χ3v) is 4.88. The van der Waals surface area contributed by atoms with Crippen LogP contribution < -0.4 is 16.6 Å². The van der Waals surface area contributed by atoms with Gasteiger partial charge >= 0.3 is 0 Å². The molecule has 0 unspecified atom stereocenters. The zero-order valence-electron chi connectivity index (χ0n) is 16.8. The summed E-state index contributed by atoms with van der Waals surface area (Å²) < 4.78 is 13.4. The van der Waals surface area contributed by atoms with Crippen molar-refractivity contribution in [1.29, 1.82) is 0 Å². The van der Waals surface area contributed by atoms with Gasteiger partial charge < -0.3 is 11.1 Å². The summed E-state index contributed by atoms with van der Waals surface area (Å²) in [5.74, 6) is -0.0459. The molecule has 0 aliphatic carbocycles. The van der Waals surface area contributed by atoms with Gasteiger partial charge in [0.05, 0.1) is 11.3 Å². The lowest BCUT2D eigenvalue weighted by molar-refractivity contribution is 0.628. The fourth-order valence-electron chi connectivity index (χ4n) is 3.38. The number of pyridine rings is 1. The SMILES string of the molecule is N[C@@H](CNc1nc(-c2ccncc2)c(-c2ccc(F)cc2)c(=O)[nH]1)Cc1ccccc1. The summed E-state index contributed by atoms with van der Waals surface area (Å²) in [7, 11) is 0. The molecular formula is C24H22FN5O. The minimum Gasteiger partial charge on any atom is -0.354 e. The molecule has 7 heteroatoms.